The lowest BCUT2D eigenvalue weighted by Crippen LogP contribution is -2.43. The van der Waals surface area contributed by atoms with Gasteiger partial charge in [-0.15, -0.1) is 0 Å². The van der Waals surface area contributed by atoms with E-state index in [1.54, 1.807) is 19.1 Å². The number of piperidine rings is 1. The normalized spacial score (nSPS) is 16.9. The molecule has 11 heteroatoms. The van der Waals surface area contributed by atoms with Gasteiger partial charge < -0.3 is 14.8 Å². The summed E-state index contributed by atoms with van der Waals surface area (Å²) in [4.78, 5) is 23.4. The summed E-state index contributed by atoms with van der Waals surface area (Å²) in [6.07, 6.45) is 0.999. The molecule has 32 heavy (non-hydrogen) atoms. The Morgan fingerprint density at radius 3 is 2.59 bits per heavy atom. The molecule has 1 fully saturated rings. The summed E-state index contributed by atoms with van der Waals surface area (Å²) < 4.78 is 38.3. The summed E-state index contributed by atoms with van der Waals surface area (Å²) in [6.45, 7) is 1.98. The molecule has 1 saturated heterocycles. The van der Waals surface area contributed by atoms with E-state index in [0.29, 0.717) is 29.8 Å². The second-order valence-electron chi connectivity index (χ2n) is 7.46. The number of ether oxygens (including phenoxy) is 2. The maximum atomic E-state index is 13.3. The number of anilines is 1. The summed E-state index contributed by atoms with van der Waals surface area (Å²) in [5.41, 5.74) is 0.868. The van der Waals surface area contributed by atoms with Gasteiger partial charge in [-0.1, -0.05) is 6.07 Å². The Labute approximate surface area is 186 Å². The van der Waals surface area contributed by atoms with Gasteiger partial charge in [-0.25, -0.2) is 8.42 Å². The van der Waals surface area contributed by atoms with Crippen molar-refractivity contribution >= 4 is 27.3 Å². The van der Waals surface area contributed by atoms with Crippen LogP contribution >= 0.6 is 0 Å². The third kappa shape index (κ3) is 4.83. The molecule has 0 unspecified atom stereocenters. The largest absolute Gasteiger partial charge is 0.497 e. The molecule has 2 aromatic carbocycles. The Hall–Kier alpha value is -3.18. The molecule has 1 atom stereocenters. The van der Waals surface area contributed by atoms with Crippen molar-refractivity contribution in [2.24, 2.45) is 5.92 Å². The van der Waals surface area contributed by atoms with E-state index in [0.717, 1.165) is 0 Å². The van der Waals surface area contributed by atoms with Gasteiger partial charge in [-0.05, 0) is 37.5 Å². The number of methoxy groups -OCH3 is 2. The lowest BCUT2D eigenvalue weighted by atomic mass is 9.98. The van der Waals surface area contributed by atoms with Crippen LogP contribution in [0.25, 0.3) is 0 Å². The van der Waals surface area contributed by atoms with Crippen molar-refractivity contribution < 1.29 is 27.6 Å². The molecular formula is C21H25N3O7S. The van der Waals surface area contributed by atoms with E-state index in [2.05, 4.69) is 5.32 Å². The van der Waals surface area contributed by atoms with Crippen LogP contribution < -0.4 is 14.8 Å². The van der Waals surface area contributed by atoms with Crippen LogP contribution in [0.2, 0.25) is 0 Å². The number of benzene rings is 2. The first-order chi connectivity index (χ1) is 15.2. The summed E-state index contributed by atoms with van der Waals surface area (Å²) >= 11 is 0. The van der Waals surface area contributed by atoms with Gasteiger partial charge in [-0.3, -0.25) is 14.9 Å². The Kier molecular flexibility index (Phi) is 6.99. The molecule has 172 valence electrons. The van der Waals surface area contributed by atoms with Crippen molar-refractivity contribution in [3.05, 3.63) is 52.1 Å². The summed E-state index contributed by atoms with van der Waals surface area (Å²) in [6, 6.07) is 8.73. The number of aryl methyl sites for hydroxylation is 1. The van der Waals surface area contributed by atoms with Crippen LogP contribution in [0.15, 0.2) is 41.3 Å². The smallest absolute Gasteiger partial charge is 0.271 e. The molecule has 0 aliphatic carbocycles. The minimum atomic E-state index is -3.94. The molecule has 10 nitrogen and oxygen atoms in total. The van der Waals surface area contributed by atoms with Crippen molar-refractivity contribution in [2.75, 3.05) is 32.6 Å². The van der Waals surface area contributed by atoms with Crippen LogP contribution in [0.5, 0.6) is 11.5 Å². The molecule has 0 spiro atoms. The van der Waals surface area contributed by atoms with E-state index in [1.807, 2.05) is 0 Å². The maximum Gasteiger partial charge on any atom is 0.271 e. The monoisotopic (exact) mass is 463 g/mol. The third-order valence-corrected chi connectivity index (χ3v) is 7.32. The number of nitro groups is 1. The number of sulfonamides is 1. The van der Waals surface area contributed by atoms with Crippen LogP contribution in [0.1, 0.15) is 18.4 Å². The highest BCUT2D eigenvalue weighted by Crippen LogP contribution is 2.33. The first kappa shape index (κ1) is 23.5. The van der Waals surface area contributed by atoms with Gasteiger partial charge in [0.1, 0.15) is 16.4 Å². The fourth-order valence-electron chi connectivity index (χ4n) is 3.59. The molecule has 1 N–H and O–H groups in total. The first-order valence-corrected chi connectivity index (χ1v) is 11.4. The Morgan fingerprint density at radius 1 is 1.19 bits per heavy atom. The highest BCUT2D eigenvalue weighted by molar-refractivity contribution is 7.89. The molecule has 1 aliphatic rings. The number of hydrogen-bond acceptors (Lipinski definition) is 7. The molecule has 1 aliphatic heterocycles. The zero-order valence-corrected chi connectivity index (χ0v) is 18.8. The molecule has 3 rings (SSSR count). The van der Waals surface area contributed by atoms with Gasteiger partial charge in [0, 0.05) is 31.3 Å². The molecule has 1 heterocycles. The quantitative estimate of drug-likeness (QED) is 0.494. The summed E-state index contributed by atoms with van der Waals surface area (Å²) in [7, 11) is -1.12. The number of nitrogens with one attached hydrogen (secondary N) is 1. The number of carbonyl (C=O) groups excluding carboxylic acids is 1. The van der Waals surface area contributed by atoms with Crippen LogP contribution in [0.4, 0.5) is 11.4 Å². The SMILES string of the molecule is COc1ccc(OC)c(S(=O)(=O)N2CCC[C@@H](C(=O)Nc3cc([N+](=O)[O-])ccc3C)C2)c1. The van der Waals surface area contributed by atoms with E-state index in [-0.39, 0.29) is 35.3 Å². The van der Waals surface area contributed by atoms with E-state index >= 15 is 0 Å². The standard InChI is InChI=1S/C21H25N3O7S/c1-14-6-7-16(24(26)27)11-18(14)22-21(25)15-5-4-10-23(13-15)32(28,29)20-12-17(30-2)8-9-19(20)31-3/h6-9,11-12,15H,4-5,10,13H2,1-3H3,(H,22,25)/t15-/m1/s1. The molecule has 1 amide bonds. The molecule has 0 bridgehead atoms. The van der Waals surface area contributed by atoms with Crippen LogP contribution in [0.3, 0.4) is 0 Å². The van der Waals surface area contributed by atoms with E-state index < -0.39 is 20.9 Å². The lowest BCUT2D eigenvalue weighted by molar-refractivity contribution is -0.384. The van der Waals surface area contributed by atoms with Crippen LogP contribution in [0, 0.1) is 23.0 Å². The highest BCUT2D eigenvalue weighted by atomic mass is 32.2. The number of amides is 1. The number of carbonyl (C=O) groups is 1. The Morgan fingerprint density at radius 2 is 1.94 bits per heavy atom. The van der Waals surface area contributed by atoms with Crippen molar-refractivity contribution in [1.82, 2.24) is 4.31 Å². The molecular weight excluding hydrogens is 438 g/mol. The molecule has 0 aromatic heterocycles. The van der Waals surface area contributed by atoms with Crippen LogP contribution in [-0.4, -0.2) is 50.9 Å². The van der Waals surface area contributed by atoms with Crippen molar-refractivity contribution in [3.8, 4) is 11.5 Å². The van der Waals surface area contributed by atoms with Gasteiger partial charge in [0.05, 0.1) is 30.7 Å². The average molecular weight is 464 g/mol. The van der Waals surface area contributed by atoms with Gasteiger partial charge in [-0.2, -0.15) is 4.31 Å². The zero-order valence-electron chi connectivity index (χ0n) is 18.0. The van der Waals surface area contributed by atoms with E-state index in [4.69, 9.17) is 9.47 Å². The fourth-order valence-corrected chi connectivity index (χ4v) is 5.29. The van der Waals surface area contributed by atoms with E-state index in [9.17, 15) is 23.3 Å². The molecule has 0 saturated carbocycles. The van der Waals surface area contributed by atoms with E-state index in [1.165, 1.54) is 42.8 Å². The number of nitro benzene ring substituents is 1. The third-order valence-electron chi connectivity index (χ3n) is 5.43. The summed E-state index contributed by atoms with van der Waals surface area (Å²) in [5, 5.41) is 13.8. The average Bonchev–Trinajstić information content (AvgIpc) is 2.79. The van der Waals surface area contributed by atoms with Gasteiger partial charge in [0.2, 0.25) is 15.9 Å². The van der Waals surface area contributed by atoms with Crippen LogP contribution in [-0.2, 0) is 14.8 Å². The fraction of sp³-hybridized carbons (Fsp3) is 0.381. The number of nitrogens with zero attached hydrogens (tertiary/aromatic N) is 2. The number of non-ortho nitro benzene ring substituents is 1. The molecule has 0 radical (unpaired) electrons. The highest BCUT2D eigenvalue weighted by Gasteiger charge is 2.35. The van der Waals surface area contributed by atoms with Gasteiger partial charge in [0.25, 0.3) is 5.69 Å². The maximum absolute atomic E-state index is 13.3. The van der Waals surface area contributed by atoms with Crippen molar-refractivity contribution in [2.45, 2.75) is 24.7 Å². The van der Waals surface area contributed by atoms with Gasteiger partial charge in [0.15, 0.2) is 0 Å². The second kappa shape index (κ2) is 9.53. The molecule has 2 aromatic rings. The van der Waals surface area contributed by atoms with Gasteiger partial charge >= 0.3 is 0 Å². The lowest BCUT2D eigenvalue weighted by Gasteiger charge is -2.31. The predicted molar refractivity (Wildman–Crippen MR) is 117 cm³/mol. The minimum absolute atomic E-state index is 0.0114. The van der Waals surface area contributed by atoms with Crippen molar-refractivity contribution in [1.29, 1.82) is 0 Å². The minimum Gasteiger partial charge on any atom is -0.497 e. The number of rotatable bonds is 7. The Balaban J connectivity index is 1.82. The van der Waals surface area contributed by atoms with Crippen molar-refractivity contribution in [3.63, 3.8) is 0 Å². The predicted octanol–water partition coefficient (Wildman–Crippen LogP) is 2.96. The topological polar surface area (TPSA) is 128 Å². The zero-order chi connectivity index (χ0) is 23.5. The number of hydrogen-bond donors (Lipinski definition) is 1. The summed E-state index contributed by atoms with van der Waals surface area (Å²) in [5.74, 6) is -0.429. The second-order valence-corrected chi connectivity index (χ2v) is 9.37. The first-order valence-electron chi connectivity index (χ1n) is 9.95. The Bertz CT molecular complexity index is 1130.